The smallest absolute Gasteiger partial charge is 0.249 e. The molecule has 0 aliphatic carbocycles. The summed E-state index contributed by atoms with van der Waals surface area (Å²) in [4.78, 5) is 13.3. The number of rotatable bonds is 66. The van der Waals surface area contributed by atoms with Gasteiger partial charge in [-0.1, -0.05) is 353 Å². The molecule has 9 unspecified atom stereocenters. The van der Waals surface area contributed by atoms with Crippen LogP contribution in [0.25, 0.3) is 0 Å². The molecule has 84 heavy (non-hydrogen) atoms. The summed E-state index contributed by atoms with van der Waals surface area (Å²) in [6, 6.07) is -1.17. The van der Waals surface area contributed by atoms with Crippen molar-refractivity contribution in [3.63, 3.8) is 0 Å². The Morgan fingerprint density at radius 2 is 0.690 bits per heavy atom. The fraction of sp³-hybridized carbons (Fsp3) is 0.959. The van der Waals surface area contributed by atoms with Gasteiger partial charge in [-0.3, -0.25) is 4.79 Å². The first-order chi connectivity index (χ1) is 41.2. The molecule has 11 nitrogen and oxygen atoms in total. The second-order valence-electron chi connectivity index (χ2n) is 26.4. The van der Waals surface area contributed by atoms with Gasteiger partial charge in [0.25, 0.3) is 0 Å². The summed E-state index contributed by atoms with van der Waals surface area (Å²) in [7, 11) is 0. The molecule has 0 saturated carbocycles. The van der Waals surface area contributed by atoms with Crippen LogP contribution in [0, 0.1) is 0 Å². The van der Waals surface area contributed by atoms with Crippen molar-refractivity contribution in [1.82, 2.24) is 5.32 Å². The Bertz CT molecular complexity index is 1370. The molecule has 0 bridgehead atoms. The maximum atomic E-state index is 13.3. The van der Waals surface area contributed by atoms with E-state index in [1.165, 1.54) is 302 Å². The molecule has 0 aromatic carbocycles. The average Bonchev–Trinajstić information content (AvgIpc) is 3.66. The molecule has 1 heterocycles. The van der Waals surface area contributed by atoms with Gasteiger partial charge < -0.3 is 50.5 Å². The van der Waals surface area contributed by atoms with Crippen LogP contribution in [0.2, 0.25) is 0 Å². The second kappa shape index (κ2) is 62.1. The standard InChI is InChI=1S/C73H143NO10/c1-3-5-7-9-11-13-15-17-19-21-23-25-27-29-31-32-33-34-35-37-39-41-43-45-47-49-51-53-55-57-59-61-66(77)72(82)74-64(63-83-73-71(81)70(80)69(79)67(62-75)84-73)68(78)65(76)60-58-56-54-52-50-48-46-44-42-40-38-36-30-28-26-24-22-20-18-16-14-12-10-8-6-4-2/h29,31,64-71,73,75-81H,3-28,30,32-63H2,1-2H3,(H,74,82)/b31-29-. The number of aliphatic hydroxyl groups excluding tert-OH is 7. The van der Waals surface area contributed by atoms with E-state index in [1.54, 1.807) is 0 Å². The largest absolute Gasteiger partial charge is 0.394 e. The number of carbonyl (C=O) groups is 1. The highest BCUT2D eigenvalue weighted by Gasteiger charge is 2.44. The van der Waals surface area contributed by atoms with E-state index in [1.807, 2.05) is 0 Å². The van der Waals surface area contributed by atoms with E-state index >= 15 is 0 Å². The van der Waals surface area contributed by atoms with Crippen LogP contribution in [0.4, 0.5) is 0 Å². The van der Waals surface area contributed by atoms with Crippen molar-refractivity contribution in [1.29, 1.82) is 0 Å². The number of carbonyl (C=O) groups excluding carboxylic acids is 1. The molecule has 0 radical (unpaired) electrons. The number of ether oxygens (including phenoxy) is 2. The molecule has 1 saturated heterocycles. The number of allylic oxidation sites excluding steroid dienone is 2. The molecule has 11 heteroatoms. The Morgan fingerprint density at radius 3 is 1.00 bits per heavy atom. The zero-order valence-corrected chi connectivity index (χ0v) is 55.4. The van der Waals surface area contributed by atoms with Gasteiger partial charge in [0.2, 0.25) is 5.91 Å². The Balaban J connectivity index is 2.16. The third-order valence-corrected chi connectivity index (χ3v) is 18.3. The molecular weight excluding hydrogens is 1050 g/mol. The zero-order chi connectivity index (χ0) is 61.0. The number of nitrogens with one attached hydrogen (secondary N) is 1. The Morgan fingerprint density at radius 1 is 0.405 bits per heavy atom. The summed E-state index contributed by atoms with van der Waals surface area (Å²) in [5.41, 5.74) is 0. The van der Waals surface area contributed by atoms with Gasteiger partial charge in [0.15, 0.2) is 6.29 Å². The highest BCUT2D eigenvalue weighted by atomic mass is 16.7. The summed E-state index contributed by atoms with van der Waals surface area (Å²) >= 11 is 0. The van der Waals surface area contributed by atoms with Gasteiger partial charge in [-0.15, -0.1) is 0 Å². The normalized spacial score (nSPS) is 18.9. The molecule has 500 valence electrons. The van der Waals surface area contributed by atoms with Gasteiger partial charge in [0.1, 0.15) is 36.6 Å². The van der Waals surface area contributed by atoms with Gasteiger partial charge in [0.05, 0.1) is 25.4 Å². The Labute approximate surface area is 519 Å². The Hall–Kier alpha value is -1.15. The van der Waals surface area contributed by atoms with Gasteiger partial charge in [-0.2, -0.15) is 0 Å². The van der Waals surface area contributed by atoms with Gasteiger partial charge in [0, 0.05) is 0 Å². The summed E-state index contributed by atoms with van der Waals surface area (Å²) in [5.74, 6) is -0.688. The molecule has 1 fully saturated rings. The van der Waals surface area contributed by atoms with E-state index in [4.69, 9.17) is 9.47 Å². The highest BCUT2D eigenvalue weighted by molar-refractivity contribution is 5.80. The monoisotopic (exact) mass is 1190 g/mol. The first-order valence-corrected chi connectivity index (χ1v) is 37.1. The number of aliphatic hydroxyl groups is 7. The Kier molecular flexibility index (Phi) is 59.7. The minimum absolute atomic E-state index is 0.265. The first-order valence-electron chi connectivity index (χ1n) is 37.1. The van der Waals surface area contributed by atoms with Gasteiger partial charge in [-0.05, 0) is 38.5 Å². The topological polar surface area (TPSA) is 189 Å². The average molecular weight is 1190 g/mol. The molecule has 1 rings (SSSR count). The third kappa shape index (κ3) is 48.7. The van der Waals surface area contributed by atoms with Crippen molar-refractivity contribution in [3.8, 4) is 0 Å². The molecule has 0 aromatic rings. The van der Waals surface area contributed by atoms with Crippen molar-refractivity contribution >= 4 is 5.91 Å². The van der Waals surface area contributed by atoms with E-state index in [0.717, 1.165) is 38.5 Å². The number of amides is 1. The predicted octanol–water partition coefficient (Wildman–Crippen LogP) is 18.2. The molecule has 0 spiro atoms. The minimum atomic E-state index is -1.66. The predicted molar refractivity (Wildman–Crippen MR) is 353 cm³/mol. The van der Waals surface area contributed by atoms with Crippen LogP contribution in [-0.2, 0) is 14.3 Å². The third-order valence-electron chi connectivity index (χ3n) is 18.3. The van der Waals surface area contributed by atoms with Crippen molar-refractivity contribution in [3.05, 3.63) is 12.2 Å². The lowest BCUT2D eigenvalue weighted by Crippen LogP contribution is -2.60. The van der Waals surface area contributed by atoms with E-state index in [-0.39, 0.29) is 6.42 Å². The van der Waals surface area contributed by atoms with Crippen molar-refractivity contribution in [2.75, 3.05) is 13.2 Å². The lowest BCUT2D eigenvalue weighted by molar-refractivity contribution is -0.303. The maximum absolute atomic E-state index is 13.3. The summed E-state index contributed by atoms with van der Waals surface area (Å²) < 4.78 is 11.2. The number of unbranched alkanes of at least 4 members (excludes halogenated alkanes) is 52. The molecule has 1 aliphatic rings. The summed E-state index contributed by atoms with van der Waals surface area (Å²) in [6.07, 6.45) is 65.9. The highest BCUT2D eigenvalue weighted by Crippen LogP contribution is 2.24. The zero-order valence-electron chi connectivity index (χ0n) is 55.4. The van der Waals surface area contributed by atoms with Gasteiger partial charge >= 0.3 is 0 Å². The SMILES string of the molecule is CCCCCCCCCCCCCC/C=C\CCCCCCCCCCCCCCCCCC(O)C(=O)NC(COC1OC(CO)C(O)C(O)C1O)C(O)C(O)CCCCCCCCCCCCCCCCCCCCCCCCCCCC. The van der Waals surface area contributed by atoms with E-state index in [2.05, 4.69) is 31.3 Å². The van der Waals surface area contributed by atoms with Crippen LogP contribution in [0.1, 0.15) is 380 Å². The van der Waals surface area contributed by atoms with Crippen LogP contribution in [-0.4, -0.2) is 110 Å². The molecular formula is C73H143NO10. The summed E-state index contributed by atoms with van der Waals surface area (Å²) in [6.45, 7) is 3.53. The molecule has 8 N–H and O–H groups in total. The van der Waals surface area contributed by atoms with Crippen LogP contribution < -0.4 is 5.32 Å². The maximum Gasteiger partial charge on any atom is 0.249 e. The van der Waals surface area contributed by atoms with Crippen LogP contribution in [0.15, 0.2) is 12.2 Å². The first kappa shape index (κ1) is 80.9. The van der Waals surface area contributed by atoms with Crippen LogP contribution >= 0.6 is 0 Å². The fourth-order valence-corrected chi connectivity index (χ4v) is 12.4. The van der Waals surface area contributed by atoms with Crippen molar-refractivity contribution < 1.29 is 50.0 Å². The molecule has 1 aliphatic heterocycles. The molecule has 1 amide bonds. The molecule has 0 aromatic heterocycles. The molecule has 9 atom stereocenters. The lowest BCUT2D eigenvalue weighted by Gasteiger charge is -2.40. The second-order valence-corrected chi connectivity index (χ2v) is 26.4. The minimum Gasteiger partial charge on any atom is -0.394 e. The quantitative estimate of drug-likeness (QED) is 0.0215. The van der Waals surface area contributed by atoms with E-state index < -0.39 is 74.2 Å². The van der Waals surface area contributed by atoms with Crippen molar-refractivity contribution in [2.45, 2.75) is 435 Å². The van der Waals surface area contributed by atoms with Crippen molar-refractivity contribution in [2.24, 2.45) is 0 Å². The summed E-state index contributed by atoms with van der Waals surface area (Å²) in [5, 5.41) is 76.6. The van der Waals surface area contributed by atoms with E-state index in [9.17, 15) is 40.5 Å². The van der Waals surface area contributed by atoms with Gasteiger partial charge in [-0.25, -0.2) is 0 Å². The lowest BCUT2D eigenvalue weighted by atomic mass is 9.98. The number of hydrogen-bond acceptors (Lipinski definition) is 10. The fourth-order valence-electron chi connectivity index (χ4n) is 12.4. The van der Waals surface area contributed by atoms with Crippen LogP contribution in [0.5, 0.6) is 0 Å². The number of hydrogen-bond donors (Lipinski definition) is 8. The van der Waals surface area contributed by atoms with E-state index in [0.29, 0.717) is 19.3 Å². The van der Waals surface area contributed by atoms with Crippen LogP contribution in [0.3, 0.4) is 0 Å².